The predicted molar refractivity (Wildman–Crippen MR) is 60.1 cm³/mol. The van der Waals surface area contributed by atoms with Gasteiger partial charge in [-0.3, -0.25) is 4.79 Å². The first kappa shape index (κ1) is 11.3. The van der Waals surface area contributed by atoms with Crippen LogP contribution in [0.25, 0.3) is 0 Å². The van der Waals surface area contributed by atoms with Gasteiger partial charge in [-0.05, 0) is 17.9 Å². The molecule has 0 saturated heterocycles. The normalized spacial score (nSPS) is 23.4. The van der Waals surface area contributed by atoms with Gasteiger partial charge >= 0.3 is 0 Å². The van der Waals surface area contributed by atoms with Crippen LogP contribution >= 0.6 is 0 Å². The first-order chi connectivity index (χ1) is 7.77. The van der Waals surface area contributed by atoms with Gasteiger partial charge in [-0.25, -0.2) is 0 Å². The van der Waals surface area contributed by atoms with Crippen molar-refractivity contribution in [3.63, 3.8) is 0 Å². The smallest absolute Gasteiger partial charge is 0.217 e. The van der Waals surface area contributed by atoms with Crippen LogP contribution in [-0.2, 0) is 14.3 Å². The Morgan fingerprint density at radius 2 is 1.88 bits per heavy atom. The van der Waals surface area contributed by atoms with Crippen LogP contribution in [0.5, 0.6) is 0 Å². The van der Waals surface area contributed by atoms with Crippen molar-refractivity contribution in [2.75, 3.05) is 14.2 Å². The molecule has 0 radical (unpaired) electrons. The van der Waals surface area contributed by atoms with Gasteiger partial charge in [-0.1, -0.05) is 30.3 Å². The fraction of sp³-hybridized carbons (Fsp3) is 0.462. The maximum absolute atomic E-state index is 11.9. The molecule has 2 unspecified atom stereocenters. The van der Waals surface area contributed by atoms with Crippen molar-refractivity contribution in [2.45, 2.75) is 18.6 Å². The van der Waals surface area contributed by atoms with Crippen molar-refractivity contribution in [3.8, 4) is 0 Å². The van der Waals surface area contributed by atoms with E-state index in [1.54, 1.807) is 0 Å². The van der Waals surface area contributed by atoms with Gasteiger partial charge < -0.3 is 9.47 Å². The summed E-state index contributed by atoms with van der Waals surface area (Å²) in [5.41, 5.74) is 1.23. The van der Waals surface area contributed by atoms with Gasteiger partial charge in [-0.2, -0.15) is 0 Å². The van der Waals surface area contributed by atoms with E-state index < -0.39 is 6.29 Å². The maximum Gasteiger partial charge on any atom is 0.217 e. The van der Waals surface area contributed by atoms with Crippen LogP contribution in [0.15, 0.2) is 30.3 Å². The average Bonchev–Trinajstić information content (AvgIpc) is 3.11. The third-order valence-corrected chi connectivity index (χ3v) is 3.04. The van der Waals surface area contributed by atoms with Crippen LogP contribution < -0.4 is 0 Å². The first-order valence-corrected chi connectivity index (χ1v) is 5.42. The zero-order valence-corrected chi connectivity index (χ0v) is 9.55. The molecule has 2 rings (SSSR count). The second-order valence-corrected chi connectivity index (χ2v) is 4.07. The molecule has 1 aromatic carbocycles. The molecule has 2 atom stereocenters. The maximum atomic E-state index is 11.9. The van der Waals surface area contributed by atoms with Crippen molar-refractivity contribution < 1.29 is 14.3 Å². The summed E-state index contributed by atoms with van der Waals surface area (Å²) in [4.78, 5) is 11.9. The minimum Gasteiger partial charge on any atom is -0.349 e. The lowest BCUT2D eigenvalue weighted by molar-refractivity contribution is -0.158. The molecule has 1 aliphatic rings. The molecule has 0 N–H and O–H groups in total. The highest BCUT2D eigenvalue weighted by Gasteiger charge is 2.46. The average molecular weight is 220 g/mol. The molecular weight excluding hydrogens is 204 g/mol. The van der Waals surface area contributed by atoms with Crippen molar-refractivity contribution in [3.05, 3.63) is 35.9 Å². The number of rotatable bonds is 5. The topological polar surface area (TPSA) is 35.5 Å². The number of carbonyl (C=O) groups is 1. The Morgan fingerprint density at radius 3 is 2.44 bits per heavy atom. The van der Waals surface area contributed by atoms with E-state index in [0.29, 0.717) is 5.92 Å². The Bertz CT molecular complexity index is 357. The number of methoxy groups -OCH3 is 2. The lowest BCUT2D eigenvalue weighted by Crippen LogP contribution is -2.26. The molecule has 1 fully saturated rings. The Balaban J connectivity index is 1.99. The largest absolute Gasteiger partial charge is 0.349 e. The molecule has 1 saturated carbocycles. The molecule has 86 valence electrons. The van der Waals surface area contributed by atoms with E-state index in [0.717, 1.165) is 6.42 Å². The number of ether oxygens (including phenoxy) is 2. The number of hydrogen-bond acceptors (Lipinski definition) is 3. The van der Waals surface area contributed by atoms with E-state index in [1.165, 1.54) is 19.8 Å². The van der Waals surface area contributed by atoms with Crippen molar-refractivity contribution in [1.82, 2.24) is 0 Å². The zero-order chi connectivity index (χ0) is 11.5. The van der Waals surface area contributed by atoms with E-state index in [9.17, 15) is 4.79 Å². The van der Waals surface area contributed by atoms with Crippen molar-refractivity contribution in [1.29, 1.82) is 0 Å². The van der Waals surface area contributed by atoms with Crippen LogP contribution in [0.4, 0.5) is 0 Å². The van der Waals surface area contributed by atoms with Crippen LogP contribution in [-0.4, -0.2) is 26.3 Å². The molecule has 0 aliphatic heterocycles. The molecule has 1 aliphatic carbocycles. The van der Waals surface area contributed by atoms with Gasteiger partial charge in [0.05, 0.1) is 0 Å². The summed E-state index contributed by atoms with van der Waals surface area (Å²) >= 11 is 0. The standard InChI is InChI=1S/C13H16O3/c1-15-13(16-2)12(14)11-8-10(11)9-6-4-3-5-7-9/h3-7,10-11,13H,8H2,1-2H3. The van der Waals surface area contributed by atoms with Gasteiger partial charge in [0.2, 0.25) is 6.29 Å². The lowest BCUT2D eigenvalue weighted by atomic mass is 10.1. The number of Topliss-reactive ketones (excluding diaryl/α,β-unsaturated/α-hetero) is 1. The zero-order valence-electron chi connectivity index (χ0n) is 9.55. The highest BCUT2D eigenvalue weighted by atomic mass is 16.7. The minimum absolute atomic E-state index is 0.0545. The van der Waals surface area contributed by atoms with Gasteiger partial charge in [0, 0.05) is 20.1 Å². The minimum atomic E-state index is -0.710. The van der Waals surface area contributed by atoms with Gasteiger partial charge in [-0.15, -0.1) is 0 Å². The molecule has 0 aromatic heterocycles. The Hall–Kier alpha value is -1.19. The lowest BCUT2D eigenvalue weighted by Gasteiger charge is -2.11. The summed E-state index contributed by atoms with van der Waals surface area (Å²) < 4.78 is 9.95. The summed E-state index contributed by atoms with van der Waals surface area (Å²) in [6.45, 7) is 0. The second-order valence-electron chi connectivity index (χ2n) is 4.07. The highest BCUT2D eigenvalue weighted by molar-refractivity contribution is 5.87. The van der Waals surface area contributed by atoms with Gasteiger partial charge in [0.15, 0.2) is 5.78 Å². The summed E-state index contributed by atoms with van der Waals surface area (Å²) in [6, 6.07) is 10.1. The monoisotopic (exact) mass is 220 g/mol. The summed E-state index contributed by atoms with van der Waals surface area (Å²) in [5.74, 6) is 0.465. The van der Waals surface area contributed by atoms with Crippen LogP contribution in [0.2, 0.25) is 0 Å². The quantitative estimate of drug-likeness (QED) is 0.712. The highest BCUT2D eigenvalue weighted by Crippen LogP contribution is 2.48. The Morgan fingerprint density at radius 1 is 1.25 bits per heavy atom. The van der Waals surface area contributed by atoms with Crippen LogP contribution in [0.1, 0.15) is 17.9 Å². The summed E-state index contributed by atoms with van der Waals surface area (Å²) in [7, 11) is 2.98. The van der Waals surface area contributed by atoms with E-state index in [4.69, 9.17) is 9.47 Å². The third kappa shape index (κ3) is 2.15. The van der Waals surface area contributed by atoms with E-state index >= 15 is 0 Å². The van der Waals surface area contributed by atoms with Crippen molar-refractivity contribution >= 4 is 5.78 Å². The summed E-state index contributed by atoms with van der Waals surface area (Å²) in [5, 5.41) is 0. The number of hydrogen-bond donors (Lipinski definition) is 0. The number of carbonyl (C=O) groups excluding carboxylic acids is 1. The molecule has 0 heterocycles. The molecule has 3 heteroatoms. The molecule has 0 bridgehead atoms. The molecular formula is C13H16O3. The van der Waals surface area contributed by atoms with Crippen LogP contribution in [0, 0.1) is 5.92 Å². The molecule has 0 amide bonds. The summed E-state index contributed by atoms with van der Waals surface area (Å²) in [6.07, 6.45) is 0.199. The van der Waals surface area contributed by atoms with E-state index in [1.807, 2.05) is 18.2 Å². The molecule has 1 aromatic rings. The van der Waals surface area contributed by atoms with Gasteiger partial charge in [0.1, 0.15) is 0 Å². The number of ketones is 1. The van der Waals surface area contributed by atoms with Crippen molar-refractivity contribution in [2.24, 2.45) is 5.92 Å². The second kappa shape index (κ2) is 4.76. The third-order valence-electron chi connectivity index (χ3n) is 3.04. The molecule has 16 heavy (non-hydrogen) atoms. The predicted octanol–water partition coefficient (Wildman–Crippen LogP) is 1.98. The Kier molecular flexibility index (Phi) is 3.36. The molecule has 0 spiro atoms. The SMILES string of the molecule is COC(OC)C(=O)C1CC1c1ccccc1. The molecule has 3 nitrogen and oxygen atoms in total. The van der Waals surface area contributed by atoms with Crippen LogP contribution in [0.3, 0.4) is 0 Å². The number of benzene rings is 1. The fourth-order valence-corrected chi connectivity index (χ4v) is 2.08. The fourth-order valence-electron chi connectivity index (χ4n) is 2.08. The van der Waals surface area contributed by atoms with E-state index in [2.05, 4.69) is 12.1 Å². The Labute approximate surface area is 95.4 Å². The van der Waals surface area contributed by atoms with Gasteiger partial charge in [0.25, 0.3) is 0 Å². The first-order valence-electron chi connectivity index (χ1n) is 5.42. The van der Waals surface area contributed by atoms with E-state index in [-0.39, 0.29) is 11.7 Å².